The Kier molecular flexibility index (Phi) is 6.43. The zero-order valence-corrected chi connectivity index (χ0v) is 16.0. The van der Waals surface area contributed by atoms with E-state index in [1.807, 2.05) is 16.8 Å². The average molecular weight is 402 g/mol. The van der Waals surface area contributed by atoms with Crippen LogP contribution < -0.4 is 5.32 Å². The Morgan fingerprint density at radius 2 is 2.04 bits per heavy atom. The van der Waals surface area contributed by atoms with Gasteiger partial charge in [-0.05, 0) is 41.3 Å². The molecular weight excluding hydrogens is 383 g/mol. The molecule has 0 atom stereocenters. The van der Waals surface area contributed by atoms with Gasteiger partial charge in [0.25, 0.3) is 0 Å². The van der Waals surface area contributed by atoms with Crippen LogP contribution in [0, 0.1) is 5.82 Å². The highest BCUT2D eigenvalue weighted by Gasteiger charge is 2.17. The Bertz CT molecular complexity index is 926. The number of tetrazole rings is 1. The molecule has 1 aromatic carbocycles. The van der Waals surface area contributed by atoms with Crippen molar-refractivity contribution in [3.63, 3.8) is 0 Å². The third-order valence-corrected chi connectivity index (χ3v) is 4.66. The molecule has 0 bridgehead atoms. The first-order chi connectivity index (χ1) is 13.5. The summed E-state index contributed by atoms with van der Waals surface area (Å²) in [6, 6.07) is 7.73. The summed E-state index contributed by atoms with van der Waals surface area (Å²) >= 11 is 1.52. The number of hydrogen-bond acceptors (Lipinski definition) is 6. The van der Waals surface area contributed by atoms with Gasteiger partial charge < -0.3 is 10.2 Å². The summed E-state index contributed by atoms with van der Waals surface area (Å²) in [6.07, 6.45) is 0. The second-order valence-electron chi connectivity index (χ2n) is 5.97. The second kappa shape index (κ2) is 9.18. The topological polar surface area (TPSA) is 93.0 Å². The molecule has 3 aromatic rings. The van der Waals surface area contributed by atoms with Gasteiger partial charge in [0.1, 0.15) is 12.4 Å². The number of hydrogen-bond donors (Lipinski definition) is 1. The van der Waals surface area contributed by atoms with Crippen LogP contribution in [0.2, 0.25) is 0 Å². The molecule has 0 aliphatic heterocycles. The summed E-state index contributed by atoms with van der Waals surface area (Å²) in [5, 5.41) is 18.5. The van der Waals surface area contributed by atoms with E-state index in [2.05, 4.69) is 20.7 Å². The van der Waals surface area contributed by atoms with Crippen LogP contribution in [0.4, 0.5) is 4.39 Å². The fourth-order valence-electron chi connectivity index (χ4n) is 2.45. The smallest absolute Gasteiger partial charge is 0.246 e. The summed E-state index contributed by atoms with van der Waals surface area (Å²) in [4.78, 5) is 27.2. The van der Waals surface area contributed by atoms with Crippen LogP contribution >= 0.6 is 11.3 Å². The van der Waals surface area contributed by atoms with Crippen LogP contribution in [0.25, 0.3) is 11.4 Å². The molecule has 0 saturated heterocycles. The Labute approximate surface area is 165 Å². The average Bonchev–Trinajstić information content (AvgIpc) is 3.37. The molecular formula is C18H19FN6O2S. The lowest BCUT2D eigenvalue weighted by atomic mass is 10.2. The van der Waals surface area contributed by atoms with Crippen molar-refractivity contribution >= 4 is 23.2 Å². The fourth-order valence-corrected chi connectivity index (χ4v) is 3.08. The molecule has 0 aliphatic rings. The summed E-state index contributed by atoms with van der Waals surface area (Å²) in [7, 11) is 0. The van der Waals surface area contributed by atoms with E-state index in [9.17, 15) is 14.0 Å². The molecule has 0 aliphatic carbocycles. The summed E-state index contributed by atoms with van der Waals surface area (Å²) < 4.78 is 12.9. The molecule has 3 rings (SSSR count). The minimum absolute atomic E-state index is 0.0807. The molecule has 2 heterocycles. The second-order valence-corrected chi connectivity index (χ2v) is 6.75. The van der Waals surface area contributed by atoms with Gasteiger partial charge >= 0.3 is 0 Å². The van der Waals surface area contributed by atoms with Crippen molar-refractivity contribution in [2.75, 3.05) is 13.1 Å². The number of carbonyl (C=O) groups excluding carboxylic acids is 2. The van der Waals surface area contributed by atoms with Gasteiger partial charge in [-0.2, -0.15) is 16.1 Å². The fraction of sp³-hybridized carbons (Fsp3) is 0.278. The van der Waals surface area contributed by atoms with E-state index in [4.69, 9.17) is 0 Å². The zero-order valence-electron chi connectivity index (χ0n) is 15.2. The molecule has 2 amide bonds. The number of thiophene rings is 1. The zero-order chi connectivity index (χ0) is 19.9. The number of nitrogens with one attached hydrogen (secondary N) is 1. The predicted molar refractivity (Wildman–Crippen MR) is 102 cm³/mol. The van der Waals surface area contributed by atoms with Crippen molar-refractivity contribution in [2.24, 2.45) is 0 Å². The van der Waals surface area contributed by atoms with Crippen molar-refractivity contribution < 1.29 is 14.0 Å². The number of aromatic nitrogens is 4. The molecule has 0 radical (unpaired) electrons. The third kappa shape index (κ3) is 5.19. The highest BCUT2D eigenvalue weighted by atomic mass is 32.1. The summed E-state index contributed by atoms with van der Waals surface area (Å²) in [5.41, 5.74) is 1.62. The molecule has 8 nitrogen and oxygen atoms in total. The van der Waals surface area contributed by atoms with E-state index in [1.165, 1.54) is 33.2 Å². The van der Waals surface area contributed by atoms with E-state index in [1.54, 1.807) is 19.1 Å². The predicted octanol–water partition coefficient (Wildman–Crippen LogP) is 1.71. The van der Waals surface area contributed by atoms with Crippen LogP contribution in [0.15, 0.2) is 41.1 Å². The van der Waals surface area contributed by atoms with Gasteiger partial charge in [0.2, 0.25) is 17.6 Å². The molecule has 28 heavy (non-hydrogen) atoms. The Morgan fingerprint density at radius 3 is 2.71 bits per heavy atom. The molecule has 1 N–H and O–H groups in total. The van der Waals surface area contributed by atoms with Gasteiger partial charge in [-0.1, -0.05) is 12.1 Å². The van der Waals surface area contributed by atoms with Gasteiger partial charge in [-0.25, -0.2) is 4.39 Å². The van der Waals surface area contributed by atoms with E-state index in [-0.39, 0.29) is 37.3 Å². The number of benzene rings is 1. The van der Waals surface area contributed by atoms with Gasteiger partial charge in [0.05, 0.1) is 6.54 Å². The van der Waals surface area contributed by atoms with E-state index in [0.717, 1.165) is 11.1 Å². The summed E-state index contributed by atoms with van der Waals surface area (Å²) in [5.74, 6) is -0.463. The first-order valence-corrected chi connectivity index (χ1v) is 9.58. The highest BCUT2D eigenvalue weighted by Crippen LogP contribution is 2.16. The van der Waals surface area contributed by atoms with Crippen molar-refractivity contribution in [1.29, 1.82) is 0 Å². The molecule has 2 aromatic heterocycles. The Morgan fingerprint density at radius 1 is 1.25 bits per heavy atom. The number of carbonyl (C=O) groups is 2. The van der Waals surface area contributed by atoms with E-state index < -0.39 is 0 Å². The third-order valence-electron chi connectivity index (χ3n) is 3.98. The number of rotatable bonds is 8. The highest BCUT2D eigenvalue weighted by molar-refractivity contribution is 7.08. The standard InChI is InChI=1S/C18H19FN6O2S/c1-2-24(10-16(26)20-9-13-3-5-15(19)6-4-13)17(27)11-25-22-18(21-23-25)14-7-8-28-12-14/h3-8,12H,2,9-11H2,1H3,(H,20,26). The Balaban J connectivity index is 1.51. The number of nitrogens with zero attached hydrogens (tertiary/aromatic N) is 5. The minimum Gasteiger partial charge on any atom is -0.350 e. The first kappa shape index (κ1) is 19.6. The van der Waals surface area contributed by atoms with E-state index in [0.29, 0.717) is 12.4 Å². The number of amides is 2. The maximum atomic E-state index is 12.9. The lowest BCUT2D eigenvalue weighted by Crippen LogP contribution is -2.42. The lowest BCUT2D eigenvalue weighted by Gasteiger charge is -2.20. The number of likely N-dealkylation sites (N-methyl/N-ethyl adjacent to an activating group) is 1. The van der Waals surface area contributed by atoms with Crippen molar-refractivity contribution in [2.45, 2.75) is 20.0 Å². The van der Waals surface area contributed by atoms with Crippen molar-refractivity contribution in [3.05, 3.63) is 52.5 Å². The van der Waals surface area contributed by atoms with Gasteiger partial charge in [-0.15, -0.1) is 10.2 Å². The van der Waals surface area contributed by atoms with Crippen molar-refractivity contribution in [3.8, 4) is 11.4 Å². The lowest BCUT2D eigenvalue weighted by molar-refractivity contribution is -0.136. The minimum atomic E-state index is -0.332. The number of halogens is 1. The quantitative estimate of drug-likeness (QED) is 0.619. The van der Waals surface area contributed by atoms with Crippen LogP contribution in [-0.4, -0.2) is 50.0 Å². The van der Waals surface area contributed by atoms with Crippen LogP contribution in [0.3, 0.4) is 0 Å². The van der Waals surface area contributed by atoms with E-state index >= 15 is 0 Å². The van der Waals surface area contributed by atoms with Crippen LogP contribution in [0.1, 0.15) is 12.5 Å². The van der Waals surface area contributed by atoms with Crippen molar-refractivity contribution in [1.82, 2.24) is 30.4 Å². The molecule has 0 unspecified atom stereocenters. The maximum Gasteiger partial charge on any atom is 0.246 e. The Hall–Kier alpha value is -3.14. The van der Waals surface area contributed by atoms with Crippen LogP contribution in [0.5, 0.6) is 0 Å². The molecule has 0 spiro atoms. The summed E-state index contributed by atoms with van der Waals surface area (Å²) in [6.45, 7) is 2.24. The van der Waals surface area contributed by atoms with Gasteiger partial charge in [0, 0.05) is 24.0 Å². The molecule has 146 valence electrons. The molecule has 0 fully saturated rings. The SMILES string of the molecule is CCN(CC(=O)NCc1ccc(F)cc1)C(=O)Cn1nnc(-c2ccsc2)n1. The van der Waals surface area contributed by atoms with Gasteiger partial charge in [-0.3, -0.25) is 9.59 Å². The monoisotopic (exact) mass is 402 g/mol. The van der Waals surface area contributed by atoms with Gasteiger partial charge in [0.15, 0.2) is 0 Å². The normalized spacial score (nSPS) is 10.6. The first-order valence-electron chi connectivity index (χ1n) is 8.64. The molecule has 10 heteroatoms. The maximum absolute atomic E-state index is 12.9. The van der Waals surface area contributed by atoms with Crippen LogP contribution in [-0.2, 0) is 22.7 Å². The molecule has 0 saturated carbocycles. The largest absolute Gasteiger partial charge is 0.350 e.